The molecule has 0 fully saturated rings. The molecule has 1 aromatic heterocycles. The molecule has 0 spiro atoms. The smallest absolute Gasteiger partial charge is 0.335 e. The first-order valence-electron chi connectivity index (χ1n) is 8.09. The normalized spacial score (nSPS) is 11.3. The van der Waals surface area contributed by atoms with E-state index < -0.39 is 11.9 Å². The zero-order valence-electron chi connectivity index (χ0n) is 14.1. The van der Waals surface area contributed by atoms with Gasteiger partial charge in [0.2, 0.25) is 0 Å². The summed E-state index contributed by atoms with van der Waals surface area (Å²) in [5.41, 5.74) is 3.27. The number of alkyl halides is 2. The molecule has 3 nitrogen and oxygen atoms in total. The summed E-state index contributed by atoms with van der Waals surface area (Å²) >= 11 is 0. The van der Waals surface area contributed by atoms with Crippen LogP contribution in [0.1, 0.15) is 34.0 Å². The number of carboxylic acids is 1. The first kappa shape index (κ1) is 17.7. The summed E-state index contributed by atoms with van der Waals surface area (Å²) in [5.74, 6) is -3.89. The Morgan fingerprint density at radius 3 is 2.38 bits per heavy atom. The first-order valence-corrected chi connectivity index (χ1v) is 8.09. The van der Waals surface area contributed by atoms with Crippen molar-refractivity contribution in [3.63, 3.8) is 0 Å². The van der Waals surface area contributed by atoms with Gasteiger partial charge in [-0.15, -0.1) is 0 Å². The molecule has 0 atom stereocenters. The van der Waals surface area contributed by atoms with E-state index in [1.54, 1.807) is 42.6 Å². The van der Waals surface area contributed by atoms with E-state index in [2.05, 4.69) is 4.98 Å². The lowest BCUT2D eigenvalue weighted by Crippen LogP contribution is -2.06. The number of rotatable bonds is 5. The van der Waals surface area contributed by atoms with Gasteiger partial charge in [0.15, 0.2) is 0 Å². The maximum atomic E-state index is 13.4. The van der Waals surface area contributed by atoms with Gasteiger partial charge in [0.1, 0.15) is 0 Å². The van der Waals surface area contributed by atoms with Crippen LogP contribution in [0.25, 0.3) is 11.3 Å². The van der Waals surface area contributed by atoms with Crippen molar-refractivity contribution in [2.45, 2.75) is 19.3 Å². The van der Waals surface area contributed by atoms with E-state index in [-0.39, 0.29) is 11.1 Å². The predicted octanol–water partition coefficient (Wildman–Crippen LogP) is 5.15. The highest BCUT2D eigenvalue weighted by Gasteiger charge is 2.23. The van der Waals surface area contributed by atoms with Crippen LogP contribution in [-0.4, -0.2) is 16.1 Å². The number of hydrogen-bond donors (Lipinski definition) is 1. The van der Waals surface area contributed by atoms with Crippen molar-refractivity contribution in [3.05, 3.63) is 89.1 Å². The molecule has 5 heteroatoms. The maximum Gasteiger partial charge on any atom is 0.335 e. The SMILES string of the molecule is CC(F)(F)c1ccc(Cc2ccc(C(=O)O)cc2-c2ccccn2)cc1. The summed E-state index contributed by atoms with van der Waals surface area (Å²) in [6.45, 7) is 0.867. The molecule has 26 heavy (non-hydrogen) atoms. The quantitative estimate of drug-likeness (QED) is 0.690. The lowest BCUT2D eigenvalue weighted by Gasteiger charge is -2.13. The minimum atomic E-state index is -2.87. The Morgan fingerprint density at radius 1 is 1.08 bits per heavy atom. The van der Waals surface area contributed by atoms with Crippen molar-refractivity contribution in [1.82, 2.24) is 4.98 Å². The number of hydrogen-bond acceptors (Lipinski definition) is 2. The van der Waals surface area contributed by atoms with Gasteiger partial charge >= 0.3 is 5.97 Å². The van der Waals surface area contributed by atoms with Crippen LogP contribution < -0.4 is 0 Å². The van der Waals surface area contributed by atoms with Gasteiger partial charge in [-0.3, -0.25) is 4.98 Å². The lowest BCUT2D eigenvalue weighted by atomic mass is 9.94. The van der Waals surface area contributed by atoms with E-state index in [0.29, 0.717) is 12.1 Å². The Hall–Kier alpha value is -3.08. The summed E-state index contributed by atoms with van der Waals surface area (Å²) in [6.07, 6.45) is 2.13. The molecule has 3 rings (SSSR count). The van der Waals surface area contributed by atoms with Gasteiger partial charge in [-0.2, -0.15) is 0 Å². The Kier molecular flexibility index (Phi) is 4.80. The van der Waals surface area contributed by atoms with Crippen LogP contribution in [0, 0.1) is 0 Å². The Labute approximate surface area is 150 Å². The predicted molar refractivity (Wildman–Crippen MR) is 95.4 cm³/mol. The van der Waals surface area contributed by atoms with Crippen molar-refractivity contribution < 1.29 is 18.7 Å². The van der Waals surface area contributed by atoms with Gasteiger partial charge < -0.3 is 5.11 Å². The molecule has 1 heterocycles. The highest BCUT2D eigenvalue weighted by molar-refractivity contribution is 5.89. The Balaban J connectivity index is 1.98. The fraction of sp³-hybridized carbons (Fsp3) is 0.143. The molecule has 0 radical (unpaired) electrons. The van der Waals surface area contributed by atoms with Gasteiger partial charge in [0, 0.05) is 24.2 Å². The third kappa shape index (κ3) is 3.94. The average molecular weight is 353 g/mol. The van der Waals surface area contributed by atoms with Crippen LogP contribution in [0.2, 0.25) is 0 Å². The Morgan fingerprint density at radius 2 is 1.81 bits per heavy atom. The molecule has 2 aromatic carbocycles. The second-order valence-electron chi connectivity index (χ2n) is 6.15. The topological polar surface area (TPSA) is 50.2 Å². The van der Waals surface area contributed by atoms with Crippen LogP contribution in [-0.2, 0) is 12.3 Å². The van der Waals surface area contributed by atoms with Crippen molar-refractivity contribution in [1.29, 1.82) is 0 Å². The van der Waals surface area contributed by atoms with Gasteiger partial charge in [-0.1, -0.05) is 36.4 Å². The lowest BCUT2D eigenvalue weighted by molar-refractivity contribution is 0.0174. The molecule has 0 saturated heterocycles. The third-order valence-electron chi connectivity index (χ3n) is 4.15. The van der Waals surface area contributed by atoms with E-state index in [4.69, 9.17) is 0 Å². The molecule has 0 bridgehead atoms. The summed E-state index contributed by atoms with van der Waals surface area (Å²) in [4.78, 5) is 15.6. The summed E-state index contributed by atoms with van der Waals surface area (Å²) in [7, 11) is 0. The molecule has 3 aromatic rings. The monoisotopic (exact) mass is 353 g/mol. The zero-order chi connectivity index (χ0) is 18.7. The number of aromatic nitrogens is 1. The second-order valence-corrected chi connectivity index (χ2v) is 6.15. The Bertz CT molecular complexity index is 917. The summed E-state index contributed by atoms with van der Waals surface area (Å²) < 4.78 is 26.7. The fourth-order valence-corrected chi connectivity index (χ4v) is 2.76. The van der Waals surface area contributed by atoms with Gasteiger partial charge in [-0.05, 0) is 41.8 Å². The van der Waals surface area contributed by atoms with Crippen LogP contribution in [0.15, 0.2) is 66.9 Å². The molecule has 1 N–H and O–H groups in total. The van der Waals surface area contributed by atoms with E-state index in [1.165, 1.54) is 12.1 Å². The van der Waals surface area contributed by atoms with Crippen molar-refractivity contribution in [2.75, 3.05) is 0 Å². The molecular formula is C21H17F2NO2. The van der Waals surface area contributed by atoms with Crippen LogP contribution in [0.4, 0.5) is 8.78 Å². The zero-order valence-corrected chi connectivity index (χ0v) is 14.1. The first-order chi connectivity index (χ1) is 12.3. The van der Waals surface area contributed by atoms with Crippen LogP contribution in [0.3, 0.4) is 0 Å². The van der Waals surface area contributed by atoms with Gasteiger partial charge in [-0.25, -0.2) is 13.6 Å². The molecule has 132 valence electrons. The molecule has 0 amide bonds. The number of benzene rings is 2. The second kappa shape index (κ2) is 7.04. The molecular weight excluding hydrogens is 336 g/mol. The number of halogens is 2. The largest absolute Gasteiger partial charge is 0.478 e. The standard InChI is InChI=1S/C21H17F2NO2/c1-21(22,23)17-9-5-14(6-10-17)12-15-7-8-16(20(25)26)13-18(15)19-4-2-3-11-24-19/h2-11,13H,12H2,1H3,(H,25,26). The molecule has 0 aliphatic carbocycles. The third-order valence-corrected chi connectivity index (χ3v) is 4.15. The minimum Gasteiger partial charge on any atom is -0.478 e. The van der Waals surface area contributed by atoms with E-state index in [0.717, 1.165) is 23.6 Å². The number of carboxylic acid groups (broad SMARTS) is 1. The van der Waals surface area contributed by atoms with Crippen molar-refractivity contribution in [3.8, 4) is 11.3 Å². The summed E-state index contributed by atoms with van der Waals surface area (Å²) in [6, 6.07) is 16.5. The highest BCUT2D eigenvalue weighted by Crippen LogP contribution is 2.29. The summed E-state index contributed by atoms with van der Waals surface area (Å²) in [5, 5.41) is 9.25. The van der Waals surface area contributed by atoms with E-state index in [1.807, 2.05) is 12.1 Å². The van der Waals surface area contributed by atoms with E-state index >= 15 is 0 Å². The molecule has 0 unspecified atom stereocenters. The van der Waals surface area contributed by atoms with Crippen LogP contribution >= 0.6 is 0 Å². The van der Waals surface area contributed by atoms with E-state index in [9.17, 15) is 18.7 Å². The van der Waals surface area contributed by atoms with Gasteiger partial charge in [0.05, 0.1) is 11.3 Å². The molecule has 0 saturated carbocycles. The number of pyridine rings is 1. The number of carbonyl (C=O) groups is 1. The van der Waals surface area contributed by atoms with Crippen molar-refractivity contribution in [2.24, 2.45) is 0 Å². The highest BCUT2D eigenvalue weighted by atomic mass is 19.3. The van der Waals surface area contributed by atoms with Crippen LogP contribution in [0.5, 0.6) is 0 Å². The number of aromatic carboxylic acids is 1. The molecule has 0 aliphatic heterocycles. The minimum absolute atomic E-state index is 0.0348. The number of nitrogens with zero attached hydrogens (tertiary/aromatic N) is 1. The maximum absolute atomic E-state index is 13.4. The van der Waals surface area contributed by atoms with Crippen molar-refractivity contribution >= 4 is 5.97 Å². The molecule has 0 aliphatic rings. The average Bonchev–Trinajstić information content (AvgIpc) is 2.62. The fourth-order valence-electron chi connectivity index (χ4n) is 2.76. The van der Waals surface area contributed by atoms with Gasteiger partial charge in [0.25, 0.3) is 5.92 Å².